The molecular weight excluding hydrogens is 198 g/mol. The molecule has 0 aromatic heterocycles. The van der Waals surface area contributed by atoms with E-state index in [0.29, 0.717) is 0 Å². The Hall–Kier alpha value is -1.35. The molecule has 3 heteroatoms. The van der Waals surface area contributed by atoms with E-state index in [2.05, 4.69) is 41.2 Å². The Morgan fingerprint density at radius 2 is 2.06 bits per heavy atom. The molecule has 1 aliphatic heterocycles. The molecule has 3 rings (SSSR count). The van der Waals surface area contributed by atoms with Gasteiger partial charge in [0.1, 0.15) is 5.84 Å². The highest BCUT2D eigenvalue weighted by atomic mass is 15.2. The quantitative estimate of drug-likeness (QED) is 0.808. The summed E-state index contributed by atoms with van der Waals surface area (Å²) in [6.45, 7) is 1.92. The molecule has 0 radical (unpaired) electrons. The average Bonchev–Trinajstić information content (AvgIpc) is 2.89. The van der Waals surface area contributed by atoms with Gasteiger partial charge in [-0.3, -0.25) is 4.99 Å². The van der Waals surface area contributed by atoms with Gasteiger partial charge in [-0.2, -0.15) is 0 Å². The molecule has 0 atom stereocenters. The van der Waals surface area contributed by atoms with Crippen LogP contribution in [0.2, 0.25) is 0 Å². The second-order valence-electron chi connectivity index (χ2n) is 4.83. The van der Waals surface area contributed by atoms with E-state index in [1.54, 1.807) is 0 Å². The molecule has 1 fully saturated rings. The summed E-state index contributed by atoms with van der Waals surface area (Å²) in [5.41, 5.74) is 8.72. The van der Waals surface area contributed by atoms with Crippen molar-refractivity contribution >= 4 is 5.84 Å². The van der Waals surface area contributed by atoms with Gasteiger partial charge >= 0.3 is 0 Å². The third-order valence-electron chi connectivity index (χ3n) is 3.55. The zero-order chi connectivity index (χ0) is 11.2. The fourth-order valence-electron chi connectivity index (χ4n) is 2.34. The van der Waals surface area contributed by atoms with E-state index >= 15 is 0 Å². The smallest absolute Gasteiger partial charge is 0.131 e. The molecule has 1 saturated carbocycles. The van der Waals surface area contributed by atoms with Gasteiger partial charge in [-0.25, -0.2) is 0 Å². The van der Waals surface area contributed by atoms with Crippen LogP contribution in [0.15, 0.2) is 29.3 Å². The van der Waals surface area contributed by atoms with E-state index in [4.69, 9.17) is 5.73 Å². The summed E-state index contributed by atoms with van der Waals surface area (Å²) < 4.78 is 0. The van der Waals surface area contributed by atoms with E-state index in [-0.39, 0.29) is 5.54 Å². The summed E-state index contributed by atoms with van der Waals surface area (Å²) in [5, 5.41) is 0. The highest BCUT2D eigenvalue weighted by molar-refractivity contribution is 6.01. The number of hydrogen-bond acceptors (Lipinski definition) is 3. The average molecular weight is 215 g/mol. The van der Waals surface area contributed by atoms with E-state index in [1.807, 2.05) is 0 Å². The number of aliphatic imine (C=N–C) groups is 1. The first-order valence-corrected chi connectivity index (χ1v) is 5.85. The summed E-state index contributed by atoms with van der Waals surface area (Å²) in [6.07, 6.45) is 2.20. The number of rotatable bonds is 2. The first kappa shape index (κ1) is 9.85. The molecule has 1 aliphatic carbocycles. The fourth-order valence-corrected chi connectivity index (χ4v) is 2.34. The third kappa shape index (κ3) is 1.43. The maximum atomic E-state index is 6.31. The molecule has 84 valence electrons. The van der Waals surface area contributed by atoms with Gasteiger partial charge in [-0.1, -0.05) is 24.3 Å². The van der Waals surface area contributed by atoms with Crippen LogP contribution in [0.25, 0.3) is 0 Å². The van der Waals surface area contributed by atoms with Crippen LogP contribution in [-0.2, 0) is 5.54 Å². The lowest BCUT2D eigenvalue weighted by Gasteiger charge is -2.19. The van der Waals surface area contributed by atoms with Crippen molar-refractivity contribution in [2.75, 3.05) is 20.1 Å². The Morgan fingerprint density at radius 3 is 2.69 bits per heavy atom. The summed E-state index contributed by atoms with van der Waals surface area (Å²) in [5.74, 6) is 1.10. The lowest BCUT2D eigenvalue weighted by atomic mass is 9.98. The normalized spacial score (nSPS) is 22.1. The second kappa shape index (κ2) is 3.32. The molecule has 1 heterocycles. The summed E-state index contributed by atoms with van der Waals surface area (Å²) in [6, 6.07) is 8.43. The van der Waals surface area contributed by atoms with E-state index in [1.165, 1.54) is 11.1 Å². The van der Waals surface area contributed by atoms with E-state index in [9.17, 15) is 0 Å². The molecule has 3 nitrogen and oxygen atoms in total. The maximum absolute atomic E-state index is 6.31. The first-order valence-electron chi connectivity index (χ1n) is 5.85. The molecule has 0 unspecified atom stereocenters. The van der Waals surface area contributed by atoms with Crippen LogP contribution in [0.5, 0.6) is 0 Å². The Balaban J connectivity index is 2.07. The lowest BCUT2D eigenvalue weighted by molar-refractivity contribution is 0.555. The van der Waals surface area contributed by atoms with Crippen molar-refractivity contribution in [3.63, 3.8) is 0 Å². The monoisotopic (exact) mass is 215 g/mol. The largest absolute Gasteiger partial charge is 0.358 e. The first-order chi connectivity index (χ1) is 7.71. The lowest BCUT2D eigenvalue weighted by Crippen LogP contribution is -2.28. The van der Waals surface area contributed by atoms with Gasteiger partial charge in [0.2, 0.25) is 0 Å². The van der Waals surface area contributed by atoms with Crippen molar-refractivity contribution < 1.29 is 0 Å². The van der Waals surface area contributed by atoms with Crippen LogP contribution in [0, 0.1) is 0 Å². The molecule has 16 heavy (non-hydrogen) atoms. The highest BCUT2D eigenvalue weighted by Gasteiger charge is 2.42. The van der Waals surface area contributed by atoms with E-state index < -0.39 is 0 Å². The topological polar surface area (TPSA) is 41.6 Å². The van der Waals surface area contributed by atoms with Crippen molar-refractivity contribution in [2.24, 2.45) is 10.7 Å². The fraction of sp³-hybridized carbons (Fsp3) is 0.462. The maximum Gasteiger partial charge on any atom is 0.131 e. The molecule has 0 amide bonds. The van der Waals surface area contributed by atoms with Crippen LogP contribution < -0.4 is 5.73 Å². The Kier molecular flexibility index (Phi) is 2.04. The minimum absolute atomic E-state index is 0.0808. The van der Waals surface area contributed by atoms with Gasteiger partial charge in [-0.15, -0.1) is 0 Å². The van der Waals surface area contributed by atoms with Crippen molar-refractivity contribution in [3.05, 3.63) is 35.4 Å². The van der Waals surface area contributed by atoms with Crippen LogP contribution >= 0.6 is 0 Å². The predicted octanol–water partition coefficient (Wildman–Crippen LogP) is 1.33. The molecule has 0 spiro atoms. The van der Waals surface area contributed by atoms with Gasteiger partial charge in [0, 0.05) is 24.7 Å². The molecular formula is C13H17N3. The summed E-state index contributed by atoms with van der Waals surface area (Å²) >= 11 is 0. The van der Waals surface area contributed by atoms with Gasteiger partial charge in [0.15, 0.2) is 0 Å². The van der Waals surface area contributed by atoms with Crippen LogP contribution in [0.3, 0.4) is 0 Å². The van der Waals surface area contributed by atoms with E-state index in [0.717, 1.165) is 31.8 Å². The Bertz CT molecular complexity index is 446. The number of amidine groups is 1. The van der Waals surface area contributed by atoms with Gasteiger partial charge in [0.25, 0.3) is 0 Å². The van der Waals surface area contributed by atoms with Crippen LogP contribution in [0.1, 0.15) is 24.0 Å². The van der Waals surface area contributed by atoms with Crippen molar-refractivity contribution in [3.8, 4) is 0 Å². The number of nitrogens with zero attached hydrogens (tertiary/aromatic N) is 2. The SMILES string of the molecule is CN1CCN=C1c1ccccc1C1(N)CC1. The molecule has 2 aliphatic rings. The molecule has 1 aromatic carbocycles. The molecule has 0 bridgehead atoms. The van der Waals surface area contributed by atoms with Crippen molar-refractivity contribution in [1.82, 2.24) is 4.90 Å². The third-order valence-corrected chi connectivity index (χ3v) is 3.55. The second-order valence-corrected chi connectivity index (χ2v) is 4.83. The number of nitrogens with two attached hydrogens (primary N) is 1. The minimum Gasteiger partial charge on any atom is -0.358 e. The zero-order valence-electron chi connectivity index (χ0n) is 9.61. The summed E-state index contributed by atoms with van der Waals surface area (Å²) in [7, 11) is 2.10. The van der Waals surface area contributed by atoms with Crippen molar-refractivity contribution in [1.29, 1.82) is 0 Å². The van der Waals surface area contributed by atoms with Crippen LogP contribution in [-0.4, -0.2) is 30.9 Å². The number of likely N-dealkylation sites (N-methyl/N-ethyl adjacent to an activating group) is 1. The zero-order valence-corrected chi connectivity index (χ0v) is 9.61. The standard InChI is InChI=1S/C13H17N3/c1-16-9-8-15-12(16)10-4-2-3-5-11(10)13(14)6-7-13/h2-5H,6-9,14H2,1H3. The minimum atomic E-state index is -0.0808. The summed E-state index contributed by atoms with van der Waals surface area (Å²) in [4.78, 5) is 6.79. The number of benzene rings is 1. The van der Waals surface area contributed by atoms with Gasteiger partial charge in [-0.05, 0) is 18.4 Å². The van der Waals surface area contributed by atoms with Gasteiger partial charge in [0.05, 0.1) is 6.54 Å². The Labute approximate surface area is 96.0 Å². The predicted molar refractivity (Wildman–Crippen MR) is 65.6 cm³/mol. The van der Waals surface area contributed by atoms with Gasteiger partial charge < -0.3 is 10.6 Å². The molecule has 2 N–H and O–H groups in total. The van der Waals surface area contributed by atoms with Crippen LogP contribution in [0.4, 0.5) is 0 Å². The molecule has 0 saturated heterocycles. The van der Waals surface area contributed by atoms with Crippen molar-refractivity contribution in [2.45, 2.75) is 18.4 Å². The Morgan fingerprint density at radius 1 is 1.31 bits per heavy atom. The highest BCUT2D eigenvalue weighted by Crippen LogP contribution is 2.44. The number of hydrogen-bond donors (Lipinski definition) is 1. The molecule has 1 aromatic rings.